The molecule has 0 unspecified atom stereocenters. The van der Waals surface area contributed by atoms with Crippen molar-refractivity contribution in [3.05, 3.63) is 30.1 Å². The van der Waals surface area contributed by atoms with E-state index in [2.05, 4.69) is 4.31 Å². The van der Waals surface area contributed by atoms with E-state index in [9.17, 15) is 4.39 Å². The molecule has 0 aromatic heterocycles. The second-order valence-corrected chi connectivity index (χ2v) is 4.26. The molecule has 2 rings (SSSR count). The molecule has 1 aliphatic heterocycles. The lowest BCUT2D eigenvalue weighted by molar-refractivity contribution is 0.0773. The van der Waals surface area contributed by atoms with Crippen LogP contribution in [0.2, 0.25) is 0 Å². The van der Waals surface area contributed by atoms with E-state index in [1.165, 1.54) is 12.1 Å². The van der Waals surface area contributed by atoms with E-state index in [-0.39, 0.29) is 5.82 Å². The Hall–Kier alpha value is -0.580. The summed E-state index contributed by atoms with van der Waals surface area (Å²) in [5.74, 6) is -0.184. The molecule has 0 bridgehead atoms. The molecule has 1 aromatic carbocycles. The second-order valence-electron chi connectivity index (χ2n) is 3.09. The number of hydrogen-bond donors (Lipinski definition) is 0. The quantitative estimate of drug-likeness (QED) is 0.699. The van der Waals surface area contributed by atoms with Gasteiger partial charge in [0, 0.05) is 18.0 Å². The predicted molar refractivity (Wildman–Crippen MR) is 54.6 cm³/mol. The van der Waals surface area contributed by atoms with E-state index in [0.717, 1.165) is 31.2 Å². The van der Waals surface area contributed by atoms with Crippen molar-refractivity contribution >= 4 is 11.9 Å². The van der Waals surface area contributed by atoms with Gasteiger partial charge in [-0.2, -0.15) is 0 Å². The van der Waals surface area contributed by atoms with Crippen LogP contribution in [0.1, 0.15) is 0 Å². The van der Waals surface area contributed by atoms with Crippen LogP contribution >= 0.6 is 11.9 Å². The van der Waals surface area contributed by atoms with Crippen molar-refractivity contribution in [1.29, 1.82) is 0 Å². The number of halogens is 1. The molecule has 1 saturated heterocycles. The fraction of sp³-hybridized carbons (Fsp3) is 0.400. The van der Waals surface area contributed by atoms with Gasteiger partial charge in [-0.25, -0.2) is 8.70 Å². The van der Waals surface area contributed by atoms with Gasteiger partial charge in [0.25, 0.3) is 0 Å². The van der Waals surface area contributed by atoms with Crippen LogP contribution < -0.4 is 0 Å². The zero-order valence-corrected chi connectivity index (χ0v) is 8.60. The van der Waals surface area contributed by atoms with Gasteiger partial charge in [-0.15, -0.1) is 0 Å². The summed E-state index contributed by atoms with van der Waals surface area (Å²) in [4.78, 5) is 1.08. The maximum absolute atomic E-state index is 12.6. The molecule has 0 spiro atoms. The fourth-order valence-corrected chi connectivity index (χ4v) is 2.17. The highest BCUT2D eigenvalue weighted by atomic mass is 32.2. The molecule has 0 atom stereocenters. The highest BCUT2D eigenvalue weighted by molar-refractivity contribution is 7.97. The zero-order chi connectivity index (χ0) is 9.80. The Morgan fingerprint density at radius 3 is 2.43 bits per heavy atom. The molecule has 1 aromatic rings. The summed E-state index contributed by atoms with van der Waals surface area (Å²) >= 11 is 1.66. The third-order valence-electron chi connectivity index (χ3n) is 2.02. The Balaban J connectivity index is 1.92. The third kappa shape index (κ3) is 2.70. The van der Waals surface area contributed by atoms with Gasteiger partial charge in [-0.05, 0) is 36.2 Å². The van der Waals surface area contributed by atoms with E-state index in [1.807, 2.05) is 0 Å². The van der Waals surface area contributed by atoms with Gasteiger partial charge in [0.2, 0.25) is 0 Å². The lowest BCUT2D eigenvalue weighted by Gasteiger charge is -2.25. The van der Waals surface area contributed by atoms with Crippen LogP contribution in [0, 0.1) is 5.82 Å². The fourth-order valence-electron chi connectivity index (χ4n) is 1.28. The Labute approximate surface area is 87.2 Å². The Morgan fingerprint density at radius 1 is 1.14 bits per heavy atom. The largest absolute Gasteiger partial charge is 0.379 e. The molecule has 0 amide bonds. The average Bonchev–Trinajstić information content (AvgIpc) is 2.23. The molecule has 0 saturated carbocycles. The minimum Gasteiger partial charge on any atom is -0.379 e. The van der Waals surface area contributed by atoms with E-state index >= 15 is 0 Å². The Bertz CT molecular complexity index is 285. The third-order valence-corrected chi connectivity index (χ3v) is 3.12. The van der Waals surface area contributed by atoms with Crippen LogP contribution in [0.3, 0.4) is 0 Å². The Kier molecular flexibility index (Phi) is 3.39. The van der Waals surface area contributed by atoms with Gasteiger partial charge >= 0.3 is 0 Å². The monoisotopic (exact) mass is 213 g/mol. The SMILES string of the molecule is Fc1ccc(SN2CCOCC2)cc1. The standard InChI is InChI=1S/C10H12FNOS/c11-9-1-3-10(4-2-9)14-12-5-7-13-8-6-12/h1-4H,5-8H2. The molecule has 0 N–H and O–H groups in total. The van der Waals surface area contributed by atoms with Crippen molar-refractivity contribution in [1.82, 2.24) is 4.31 Å². The molecule has 2 nitrogen and oxygen atoms in total. The number of hydrogen-bond acceptors (Lipinski definition) is 3. The molecular weight excluding hydrogens is 201 g/mol. The first-order valence-corrected chi connectivity index (χ1v) is 5.38. The van der Waals surface area contributed by atoms with Gasteiger partial charge < -0.3 is 4.74 Å². The highest BCUT2D eigenvalue weighted by Gasteiger charge is 2.11. The van der Waals surface area contributed by atoms with Gasteiger partial charge in [0.15, 0.2) is 0 Å². The average molecular weight is 213 g/mol. The van der Waals surface area contributed by atoms with Crippen LogP contribution in [0.4, 0.5) is 4.39 Å². The first-order valence-electron chi connectivity index (χ1n) is 4.61. The summed E-state index contributed by atoms with van der Waals surface area (Å²) in [7, 11) is 0. The van der Waals surface area contributed by atoms with Crippen LogP contribution in [0.15, 0.2) is 29.2 Å². The first kappa shape index (κ1) is 9.96. The van der Waals surface area contributed by atoms with Crippen LogP contribution in [0.25, 0.3) is 0 Å². The second kappa shape index (κ2) is 4.77. The predicted octanol–water partition coefficient (Wildman–Crippen LogP) is 2.17. The van der Waals surface area contributed by atoms with Gasteiger partial charge in [0.05, 0.1) is 13.2 Å². The van der Waals surface area contributed by atoms with Crippen LogP contribution in [-0.2, 0) is 4.74 Å². The molecule has 4 heteroatoms. The summed E-state index contributed by atoms with van der Waals surface area (Å²) in [6.45, 7) is 3.44. The number of ether oxygens (including phenoxy) is 1. The van der Waals surface area contributed by atoms with E-state index in [1.54, 1.807) is 24.1 Å². The van der Waals surface area contributed by atoms with Crippen molar-refractivity contribution < 1.29 is 9.13 Å². The molecule has 1 heterocycles. The summed E-state index contributed by atoms with van der Waals surface area (Å²) in [5, 5.41) is 0. The highest BCUT2D eigenvalue weighted by Crippen LogP contribution is 2.23. The topological polar surface area (TPSA) is 12.5 Å². The van der Waals surface area contributed by atoms with Crippen molar-refractivity contribution in [2.24, 2.45) is 0 Å². The minimum absolute atomic E-state index is 0.184. The molecule has 1 fully saturated rings. The van der Waals surface area contributed by atoms with Crippen molar-refractivity contribution in [3.63, 3.8) is 0 Å². The first-order chi connectivity index (χ1) is 6.84. The summed E-state index contributed by atoms with van der Waals surface area (Å²) in [5.41, 5.74) is 0. The normalized spacial score (nSPS) is 18.4. The number of morpholine rings is 1. The maximum Gasteiger partial charge on any atom is 0.123 e. The van der Waals surface area contributed by atoms with E-state index in [4.69, 9.17) is 4.74 Å². The van der Waals surface area contributed by atoms with E-state index < -0.39 is 0 Å². The van der Waals surface area contributed by atoms with Crippen molar-refractivity contribution in [2.75, 3.05) is 26.3 Å². The molecule has 0 aliphatic carbocycles. The smallest absolute Gasteiger partial charge is 0.123 e. The lowest BCUT2D eigenvalue weighted by atomic mass is 10.4. The lowest BCUT2D eigenvalue weighted by Crippen LogP contribution is -2.30. The summed E-state index contributed by atoms with van der Waals surface area (Å²) in [6.07, 6.45) is 0. The summed E-state index contributed by atoms with van der Waals surface area (Å²) in [6, 6.07) is 6.58. The molecule has 1 aliphatic rings. The van der Waals surface area contributed by atoms with Crippen LogP contribution in [0.5, 0.6) is 0 Å². The van der Waals surface area contributed by atoms with Gasteiger partial charge in [-0.1, -0.05) is 0 Å². The zero-order valence-electron chi connectivity index (χ0n) is 7.78. The van der Waals surface area contributed by atoms with Crippen molar-refractivity contribution in [3.8, 4) is 0 Å². The molecule has 14 heavy (non-hydrogen) atoms. The van der Waals surface area contributed by atoms with Crippen molar-refractivity contribution in [2.45, 2.75) is 4.90 Å². The van der Waals surface area contributed by atoms with Crippen LogP contribution in [-0.4, -0.2) is 30.6 Å². The van der Waals surface area contributed by atoms with Gasteiger partial charge in [0.1, 0.15) is 5.82 Å². The number of rotatable bonds is 2. The summed E-state index contributed by atoms with van der Waals surface area (Å²) < 4.78 is 20.1. The Morgan fingerprint density at radius 2 is 1.79 bits per heavy atom. The van der Waals surface area contributed by atoms with Gasteiger partial charge in [-0.3, -0.25) is 0 Å². The molecule has 0 radical (unpaired) electrons. The van der Waals surface area contributed by atoms with E-state index in [0.29, 0.717) is 0 Å². The maximum atomic E-state index is 12.6. The molecule has 76 valence electrons. The number of benzene rings is 1. The minimum atomic E-state index is -0.184. The molecular formula is C10H12FNOS. The number of nitrogens with zero attached hydrogens (tertiary/aromatic N) is 1.